The van der Waals surface area contributed by atoms with Gasteiger partial charge in [0.2, 0.25) is 11.8 Å². The highest BCUT2D eigenvalue weighted by Gasteiger charge is 2.33. The highest BCUT2D eigenvalue weighted by atomic mass is 32.2. The highest BCUT2D eigenvalue weighted by Crippen LogP contribution is 2.24. The number of para-hydroxylation sites is 1. The number of amides is 2. The number of nitrogens with zero attached hydrogens (tertiary/aromatic N) is 2. The first-order valence-corrected chi connectivity index (χ1v) is 14.9. The molecule has 0 fully saturated rings. The maximum atomic E-state index is 14.0. The van der Waals surface area contributed by atoms with Crippen molar-refractivity contribution in [2.45, 2.75) is 63.9 Å². The minimum absolute atomic E-state index is 0.0413. The molecule has 0 unspecified atom stereocenters. The number of carbonyl (C=O) groups is 2. The lowest BCUT2D eigenvalue weighted by molar-refractivity contribution is -0.139. The lowest BCUT2D eigenvalue weighted by atomic mass is 10.1. The van der Waals surface area contributed by atoms with Crippen molar-refractivity contribution in [1.29, 1.82) is 0 Å². The predicted octanol–water partition coefficient (Wildman–Crippen LogP) is 4.95. The molecule has 208 valence electrons. The molecule has 0 saturated carbocycles. The molecule has 39 heavy (non-hydrogen) atoms. The zero-order chi connectivity index (χ0) is 28.4. The van der Waals surface area contributed by atoms with Gasteiger partial charge in [-0.25, -0.2) is 8.42 Å². The molecule has 0 aliphatic carbocycles. The van der Waals surface area contributed by atoms with Gasteiger partial charge in [-0.05, 0) is 62.9 Å². The Hall–Kier alpha value is -3.65. The van der Waals surface area contributed by atoms with Gasteiger partial charge in [0.05, 0.1) is 10.6 Å². The Labute approximate surface area is 232 Å². The van der Waals surface area contributed by atoms with Crippen LogP contribution in [0.1, 0.15) is 44.7 Å². The van der Waals surface area contributed by atoms with Gasteiger partial charge in [-0.3, -0.25) is 13.9 Å². The third-order valence-corrected chi connectivity index (χ3v) is 8.59. The topological polar surface area (TPSA) is 86.8 Å². The van der Waals surface area contributed by atoms with Gasteiger partial charge < -0.3 is 10.2 Å². The zero-order valence-electron chi connectivity index (χ0n) is 23.2. The molecule has 0 bridgehead atoms. The van der Waals surface area contributed by atoms with Crippen molar-refractivity contribution in [3.63, 3.8) is 0 Å². The van der Waals surface area contributed by atoms with Crippen LogP contribution >= 0.6 is 0 Å². The van der Waals surface area contributed by atoms with Gasteiger partial charge in [0.15, 0.2) is 0 Å². The van der Waals surface area contributed by atoms with Gasteiger partial charge in [0, 0.05) is 12.6 Å². The third-order valence-electron chi connectivity index (χ3n) is 6.80. The molecule has 7 nitrogen and oxygen atoms in total. The molecule has 0 aromatic heterocycles. The van der Waals surface area contributed by atoms with Crippen molar-refractivity contribution in [3.05, 3.63) is 96.1 Å². The SMILES string of the molecule is CC[C@@H](C)NC(=O)[C@H](CC)N(CCc1ccccc1)C(=O)CN(c1ccccc1)S(=O)(=O)c1ccc(C)cc1. The second-order valence-corrected chi connectivity index (χ2v) is 11.6. The van der Waals surface area contributed by atoms with E-state index in [2.05, 4.69) is 5.32 Å². The summed E-state index contributed by atoms with van der Waals surface area (Å²) in [5.41, 5.74) is 2.34. The molecule has 0 spiro atoms. The van der Waals surface area contributed by atoms with Crippen molar-refractivity contribution < 1.29 is 18.0 Å². The quantitative estimate of drug-likeness (QED) is 0.327. The smallest absolute Gasteiger partial charge is 0.264 e. The maximum Gasteiger partial charge on any atom is 0.264 e. The second-order valence-electron chi connectivity index (χ2n) is 9.72. The number of hydrogen-bond acceptors (Lipinski definition) is 4. The monoisotopic (exact) mass is 549 g/mol. The summed E-state index contributed by atoms with van der Waals surface area (Å²) >= 11 is 0. The van der Waals surface area contributed by atoms with Crippen molar-refractivity contribution in [3.8, 4) is 0 Å². The summed E-state index contributed by atoms with van der Waals surface area (Å²) in [5, 5.41) is 3.00. The first-order chi connectivity index (χ1) is 18.7. The van der Waals surface area contributed by atoms with Gasteiger partial charge >= 0.3 is 0 Å². The standard InChI is InChI=1S/C31H39N3O4S/c1-5-25(4)32-31(36)29(6-2)33(22-21-26-13-9-7-10-14-26)30(35)23-34(27-15-11-8-12-16-27)39(37,38)28-19-17-24(3)18-20-28/h7-20,25,29H,5-6,21-23H2,1-4H3,(H,32,36)/t25-,29+/m1/s1. The van der Waals surface area contributed by atoms with Gasteiger partial charge in [-0.2, -0.15) is 0 Å². The lowest BCUT2D eigenvalue weighted by Crippen LogP contribution is -2.54. The summed E-state index contributed by atoms with van der Waals surface area (Å²) in [6.45, 7) is 7.51. The summed E-state index contributed by atoms with van der Waals surface area (Å²) in [6, 6.07) is 24.1. The van der Waals surface area contributed by atoms with Crippen molar-refractivity contribution in [1.82, 2.24) is 10.2 Å². The number of benzene rings is 3. The molecule has 2 amide bonds. The molecular formula is C31H39N3O4S. The Kier molecular flexibility index (Phi) is 10.7. The van der Waals surface area contributed by atoms with Crippen LogP contribution in [0.4, 0.5) is 5.69 Å². The first kappa shape index (κ1) is 29.9. The van der Waals surface area contributed by atoms with E-state index in [9.17, 15) is 18.0 Å². The van der Waals surface area contributed by atoms with E-state index in [-0.39, 0.29) is 23.4 Å². The Balaban J connectivity index is 1.98. The van der Waals surface area contributed by atoms with E-state index < -0.39 is 28.5 Å². The maximum absolute atomic E-state index is 14.0. The molecule has 0 aliphatic heterocycles. The van der Waals surface area contributed by atoms with Gasteiger partial charge in [-0.1, -0.05) is 80.1 Å². The van der Waals surface area contributed by atoms with E-state index in [0.29, 0.717) is 18.5 Å². The van der Waals surface area contributed by atoms with Crippen LogP contribution in [0.15, 0.2) is 89.8 Å². The minimum atomic E-state index is -4.06. The van der Waals surface area contributed by atoms with Gasteiger partial charge in [0.1, 0.15) is 12.6 Å². The van der Waals surface area contributed by atoms with Crippen molar-refractivity contribution in [2.75, 3.05) is 17.4 Å². The molecule has 0 heterocycles. The van der Waals surface area contributed by atoms with E-state index in [1.807, 2.05) is 58.0 Å². The van der Waals surface area contributed by atoms with E-state index in [0.717, 1.165) is 21.9 Å². The molecule has 3 rings (SSSR count). The van der Waals surface area contributed by atoms with E-state index in [1.165, 1.54) is 4.90 Å². The Morgan fingerprint density at radius 3 is 2.00 bits per heavy atom. The lowest BCUT2D eigenvalue weighted by Gasteiger charge is -2.33. The van der Waals surface area contributed by atoms with Crippen LogP contribution in [-0.4, -0.2) is 50.3 Å². The van der Waals surface area contributed by atoms with Crippen molar-refractivity contribution >= 4 is 27.5 Å². The average Bonchev–Trinajstić information content (AvgIpc) is 2.94. The number of aryl methyl sites for hydroxylation is 1. The van der Waals surface area contributed by atoms with Crippen molar-refractivity contribution in [2.24, 2.45) is 0 Å². The number of hydrogen-bond donors (Lipinski definition) is 1. The zero-order valence-corrected chi connectivity index (χ0v) is 24.0. The van der Waals surface area contributed by atoms with E-state index in [1.54, 1.807) is 54.6 Å². The Bertz CT molecular complexity index is 1310. The molecule has 8 heteroatoms. The van der Waals surface area contributed by atoms with Crippen LogP contribution in [0.5, 0.6) is 0 Å². The second kappa shape index (κ2) is 13.9. The Morgan fingerprint density at radius 1 is 0.846 bits per heavy atom. The van der Waals surface area contributed by atoms with Crippen LogP contribution < -0.4 is 9.62 Å². The fourth-order valence-corrected chi connectivity index (χ4v) is 5.71. The molecule has 0 aliphatic rings. The van der Waals surface area contributed by atoms with Crippen LogP contribution in [0.3, 0.4) is 0 Å². The van der Waals surface area contributed by atoms with Crippen LogP contribution in [0.25, 0.3) is 0 Å². The molecule has 0 saturated heterocycles. The summed E-state index contributed by atoms with van der Waals surface area (Å²) in [6.07, 6.45) is 1.70. The molecular weight excluding hydrogens is 510 g/mol. The normalized spacial score (nSPS) is 12.8. The van der Waals surface area contributed by atoms with Gasteiger partial charge in [-0.15, -0.1) is 0 Å². The van der Waals surface area contributed by atoms with Gasteiger partial charge in [0.25, 0.3) is 10.0 Å². The van der Waals surface area contributed by atoms with Crippen LogP contribution in [-0.2, 0) is 26.0 Å². The molecule has 2 atom stereocenters. The molecule has 3 aromatic carbocycles. The number of nitrogens with one attached hydrogen (secondary N) is 1. The molecule has 1 N–H and O–H groups in total. The third kappa shape index (κ3) is 7.93. The Morgan fingerprint density at radius 2 is 1.44 bits per heavy atom. The summed E-state index contributed by atoms with van der Waals surface area (Å²) < 4.78 is 28.8. The summed E-state index contributed by atoms with van der Waals surface area (Å²) in [7, 11) is -4.06. The fourth-order valence-electron chi connectivity index (χ4n) is 4.30. The van der Waals surface area contributed by atoms with Crippen LogP contribution in [0, 0.1) is 6.92 Å². The first-order valence-electron chi connectivity index (χ1n) is 13.5. The van der Waals surface area contributed by atoms with E-state index in [4.69, 9.17) is 0 Å². The average molecular weight is 550 g/mol. The predicted molar refractivity (Wildman–Crippen MR) is 156 cm³/mol. The highest BCUT2D eigenvalue weighted by molar-refractivity contribution is 7.92. The minimum Gasteiger partial charge on any atom is -0.352 e. The van der Waals surface area contributed by atoms with E-state index >= 15 is 0 Å². The van der Waals surface area contributed by atoms with Crippen LogP contribution in [0.2, 0.25) is 0 Å². The number of sulfonamides is 1. The number of rotatable bonds is 13. The summed E-state index contributed by atoms with van der Waals surface area (Å²) in [4.78, 5) is 28.9. The largest absolute Gasteiger partial charge is 0.352 e. The number of anilines is 1. The molecule has 3 aromatic rings. The number of carbonyl (C=O) groups excluding carboxylic acids is 2. The molecule has 0 radical (unpaired) electrons. The fraction of sp³-hybridized carbons (Fsp3) is 0.355. The summed E-state index contributed by atoms with van der Waals surface area (Å²) in [5.74, 6) is -0.669.